The fourth-order valence-electron chi connectivity index (χ4n) is 3.15. The van der Waals surface area contributed by atoms with Crippen LogP contribution in [0.25, 0.3) is 0 Å². The van der Waals surface area contributed by atoms with Crippen LogP contribution in [0.3, 0.4) is 0 Å². The van der Waals surface area contributed by atoms with E-state index in [2.05, 4.69) is 32.7 Å². The zero-order valence-electron chi connectivity index (χ0n) is 17.1. The highest BCUT2D eigenvalue weighted by Crippen LogP contribution is 2.35. The lowest BCUT2D eigenvalue weighted by molar-refractivity contribution is -0.159. The molecule has 27 heavy (non-hydrogen) atoms. The number of hydrogen-bond acceptors (Lipinski definition) is 4. The molecule has 1 atom stereocenters. The number of nitrogens with zero attached hydrogens (tertiary/aromatic N) is 1. The number of aromatic amines is 1. The number of aromatic nitrogens is 2. The summed E-state index contributed by atoms with van der Waals surface area (Å²) in [5.74, 6) is -0.0565. The minimum absolute atomic E-state index is 0.0641. The lowest BCUT2D eigenvalue weighted by Gasteiger charge is -2.32. The van der Waals surface area contributed by atoms with Crippen molar-refractivity contribution in [2.45, 2.75) is 73.3 Å². The van der Waals surface area contributed by atoms with Gasteiger partial charge in [-0.05, 0) is 44.4 Å². The van der Waals surface area contributed by atoms with Crippen LogP contribution in [0.15, 0.2) is 11.0 Å². The van der Waals surface area contributed by atoms with Gasteiger partial charge < -0.3 is 9.72 Å². The van der Waals surface area contributed by atoms with E-state index in [1.165, 1.54) is 4.57 Å². The number of esters is 1. The maximum atomic E-state index is 13.4. The van der Waals surface area contributed by atoms with Gasteiger partial charge in [0.05, 0.1) is 12.0 Å². The second kappa shape index (κ2) is 10.7. The summed E-state index contributed by atoms with van der Waals surface area (Å²) in [6, 6.07) is 0. The monoisotopic (exact) mass is 400 g/mol. The van der Waals surface area contributed by atoms with Gasteiger partial charge in [0, 0.05) is 12.7 Å². The molecule has 154 valence electrons. The van der Waals surface area contributed by atoms with Crippen molar-refractivity contribution in [3.63, 3.8) is 0 Å². The molecule has 0 fully saturated rings. The minimum Gasteiger partial charge on any atom is -0.465 e. The van der Waals surface area contributed by atoms with Gasteiger partial charge in [-0.1, -0.05) is 46.3 Å². The second-order valence-corrected chi connectivity index (χ2v) is 8.51. The summed E-state index contributed by atoms with van der Waals surface area (Å²) in [5, 5.41) is 0. The number of rotatable bonds is 11. The SMILES string of the molecule is CC(C)CC(C)(C(=O)OCCCCCCn1c(=O)[nH]cc(F)c1=S)C(C)C. The van der Waals surface area contributed by atoms with E-state index in [1.54, 1.807) is 0 Å². The topological polar surface area (TPSA) is 64.1 Å². The van der Waals surface area contributed by atoms with Crippen molar-refractivity contribution in [1.82, 2.24) is 9.55 Å². The molecule has 1 heterocycles. The first-order chi connectivity index (χ1) is 12.6. The third-order valence-corrected chi connectivity index (χ3v) is 5.51. The van der Waals surface area contributed by atoms with E-state index in [1.807, 2.05) is 6.92 Å². The summed E-state index contributed by atoms with van der Waals surface area (Å²) >= 11 is 4.92. The van der Waals surface area contributed by atoms with Crippen LogP contribution >= 0.6 is 12.2 Å². The van der Waals surface area contributed by atoms with E-state index in [4.69, 9.17) is 17.0 Å². The molecule has 0 saturated heterocycles. The molecule has 5 nitrogen and oxygen atoms in total. The van der Waals surface area contributed by atoms with Crippen molar-refractivity contribution in [3.8, 4) is 0 Å². The Morgan fingerprint density at radius 1 is 1.26 bits per heavy atom. The van der Waals surface area contributed by atoms with Crippen LogP contribution in [-0.2, 0) is 16.1 Å². The molecule has 7 heteroatoms. The Hall–Kier alpha value is -1.50. The lowest BCUT2D eigenvalue weighted by Crippen LogP contribution is -2.36. The Labute approximate surface area is 166 Å². The van der Waals surface area contributed by atoms with Crippen molar-refractivity contribution in [2.24, 2.45) is 17.3 Å². The van der Waals surface area contributed by atoms with Gasteiger partial charge in [0.1, 0.15) is 4.64 Å². The van der Waals surface area contributed by atoms with E-state index < -0.39 is 16.9 Å². The van der Waals surface area contributed by atoms with E-state index >= 15 is 0 Å². The predicted molar refractivity (Wildman–Crippen MR) is 108 cm³/mol. The van der Waals surface area contributed by atoms with Gasteiger partial charge in [-0.15, -0.1) is 0 Å². The van der Waals surface area contributed by atoms with Crippen LogP contribution < -0.4 is 5.69 Å². The highest BCUT2D eigenvalue weighted by Gasteiger charge is 2.38. The molecule has 0 aliphatic carbocycles. The van der Waals surface area contributed by atoms with E-state index in [-0.39, 0.29) is 16.5 Å². The highest BCUT2D eigenvalue weighted by atomic mass is 32.1. The van der Waals surface area contributed by atoms with Crippen LogP contribution in [0, 0.1) is 27.7 Å². The Balaban J connectivity index is 2.35. The molecule has 0 aromatic carbocycles. The summed E-state index contributed by atoms with van der Waals surface area (Å²) in [5.41, 5.74) is -0.850. The van der Waals surface area contributed by atoms with Crippen LogP contribution in [0.1, 0.15) is 66.7 Å². The van der Waals surface area contributed by atoms with Crippen LogP contribution in [0.2, 0.25) is 0 Å². The van der Waals surface area contributed by atoms with Crippen LogP contribution in [0.5, 0.6) is 0 Å². The number of carbonyl (C=O) groups excluding carboxylic acids is 1. The summed E-state index contributed by atoms with van der Waals surface area (Å²) in [6.07, 6.45) is 5.00. The van der Waals surface area contributed by atoms with Gasteiger partial charge >= 0.3 is 11.7 Å². The molecule has 1 unspecified atom stereocenters. The smallest absolute Gasteiger partial charge is 0.326 e. The largest absolute Gasteiger partial charge is 0.465 e. The number of halogens is 1. The Morgan fingerprint density at radius 2 is 1.89 bits per heavy atom. The van der Waals surface area contributed by atoms with Gasteiger partial charge in [-0.2, -0.15) is 0 Å². The predicted octanol–water partition coefficient (Wildman–Crippen LogP) is 4.86. The van der Waals surface area contributed by atoms with Gasteiger partial charge in [0.15, 0.2) is 5.82 Å². The Morgan fingerprint density at radius 3 is 2.48 bits per heavy atom. The maximum absolute atomic E-state index is 13.4. The Kier molecular flexibility index (Phi) is 9.36. The van der Waals surface area contributed by atoms with E-state index in [0.717, 1.165) is 31.9 Å². The number of ether oxygens (including phenoxy) is 1. The third kappa shape index (κ3) is 6.87. The molecular formula is C20H33FN2O3S. The number of nitrogens with one attached hydrogen (secondary N) is 1. The molecule has 1 N–H and O–H groups in total. The molecule has 0 saturated carbocycles. The van der Waals surface area contributed by atoms with Crippen molar-refractivity contribution >= 4 is 18.2 Å². The van der Waals surface area contributed by atoms with Crippen LogP contribution in [0.4, 0.5) is 4.39 Å². The van der Waals surface area contributed by atoms with Crippen molar-refractivity contribution in [1.29, 1.82) is 0 Å². The lowest BCUT2D eigenvalue weighted by atomic mass is 9.73. The molecular weight excluding hydrogens is 367 g/mol. The standard InChI is InChI=1S/C20H33FN2O3S/c1-14(2)12-20(5,15(3)4)18(24)26-11-9-7-6-8-10-23-17(27)16(21)13-22-19(23)25/h13-15H,6-12H2,1-5H3,(H,22,25). The van der Waals surface area contributed by atoms with E-state index in [0.29, 0.717) is 25.5 Å². The molecule has 1 aromatic rings. The molecule has 1 rings (SSSR count). The van der Waals surface area contributed by atoms with E-state index in [9.17, 15) is 14.0 Å². The summed E-state index contributed by atoms with van der Waals surface area (Å²) in [4.78, 5) is 26.5. The number of carbonyl (C=O) groups is 1. The van der Waals surface area contributed by atoms with Crippen LogP contribution in [-0.4, -0.2) is 22.1 Å². The summed E-state index contributed by atoms with van der Waals surface area (Å²) in [7, 11) is 0. The van der Waals surface area contributed by atoms with Crippen molar-refractivity contribution < 1.29 is 13.9 Å². The number of H-pyrrole nitrogens is 1. The van der Waals surface area contributed by atoms with Gasteiger partial charge in [-0.25, -0.2) is 9.18 Å². The molecule has 0 amide bonds. The molecule has 0 spiro atoms. The maximum Gasteiger partial charge on any atom is 0.326 e. The second-order valence-electron chi connectivity index (χ2n) is 8.12. The summed E-state index contributed by atoms with van der Waals surface area (Å²) in [6.45, 7) is 11.1. The number of unbranched alkanes of at least 4 members (excludes halogenated alkanes) is 3. The quantitative estimate of drug-likeness (QED) is 0.327. The average Bonchev–Trinajstić information content (AvgIpc) is 2.58. The van der Waals surface area contributed by atoms with Crippen molar-refractivity contribution in [3.05, 3.63) is 27.1 Å². The fourth-order valence-corrected chi connectivity index (χ4v) is 3.38. The molecule has 1 aromatic heterocycles. The first kappa shape index (κ1) is 23.5. The first-order valence-electron chi connectivity index (χ1n) is 9.74. The van der Waals surface area contributed by atoms with Gasteiger partial charge in [0.2, 0.25) is 0 Å². The normalized spacial score (nSPS) is 13.8. The number of hydrogen-bond donors (Lipinski definition) is 1. The van der Waals surface area contributed by atoms with Crippen molar-refractivity contribution in [2.75, 3.05) is 6.61 Å². The highest BCUT2D eigenvalue weighted by molar-refractivity contribution is 7.71. The zero-order chi connectivity index (χ0) is 20.6. The third-order valence-electron chi connectivity index (χ3n) is 5.10. The molecule has 0 aliphatic heterocycles. The van der Waals surface area contributed by atoms with Gasteiger partial charge in [-0.3, -0.25) is 9.36 Å². The first-order valence-corrected chi connectivity index (χ1v) is 10.2. The molecule has 0 bridgehead atoms. The zero-order valence-corrected chi connectivity index (χ0v) is 18.0. The average molecular weight is 401 g/mol. The minimum atomic E-state index is -0.592. The molecule has 0 aliphatic rings. The summed E-state index contributed by atoms with van der Waals surface area (Å²) < 4.78 is 20.1. The fraction of sp³-hybridized carbons (Fsp3) is 0.750. The molecule has 0 radical (unpaired) electrons. The van der Waals surface area contributed by atoms with Gasteiger partial charge in [0.25, 0.3) is 0 Å². The Bertz CT molecular complexity index is 727.